The summed E-state index contributed by atoms with van der Waals surface area (Å²) in [6, 6.07) is 12.6. The summed E-state index contributed by atoms with van der Waals surface area (Å²) in [5.41, 5.74) is -0.293. The third-order valence-corrected chi connectivity index (χ3v) is 6.75. The van der Waals surface area contributed by atoms with E-state index in [1.807, 2.05) is 0 Å². The highest BCUT2D eigenvalue weighted by Gasteiger charge is 2.46. The molecule has 4 rings (SSSR count). The summed E-state index contributed by atoms with van der Waals surface area (Å²) >= 11 is 0. The zero-order valence-electron chi connectivity index (χ0n) is 14.6. The lowest BCUT2D eigenvalue weighted by Crippen LogP contribution is -2.63. The highest BCUT2D eigenvalue weighted by Crippen LogP contribution is 2.33. The molecule has 6 nitrogen and oxygen atoms in total. The molecule has 2 heterocycles. The van der Waals surface area contributed by atoms with Crippen LogP contribution in [0.5, 0.6) is 0 Å². The Bertz CT molecular complexity index is 938. The molecule has 2 unspecified atom stereocenters. The summed E-state index contributed by atoms with van der Waals surface area (Å²) in [7, 11) is -3.73. The van der Waals surface area contributed by atoms with Crippen LogP contribution in [0.4, 0.5) is 10.1 Å². The molecule has 1 amide bonds. The average molecular weight is 389 g/mol. The molecule has 0 saturated carbocycles. The van der Waals surface area contributed by atoms with Crippen molar-refractivity contribution in [3.8, 4) is 0 Å². The number of carbonyl (C=O) groups is 1. The molecule has 2 aromatic rings. The Morgan fingerprint density at radius 1 is 1.19 bits per heavy atom. The Morgan fingerprint density at radius 3 is 2.74 bits per heavy atom. The smallest absolute Gasteiger partial charge is 0.256 e. The van der Waals surface area contributed by atoms with Crippen LogP contribution < -0.4 is 10.0 Å². The van der Waals surface area contributed by atoms with Crippen molar-refractivity contribution in [1.82, 2.24) is 9.62 Å². The topological polar surface area (TPSA) is 84.5 Å². The maximum absolute atomic E-state index is 14.0. The molecular formula is C19H20FN3O3S. The van der Waals surface area contributed by atoms with Crippen LogP contribution in [0.3, 0.4) is 0 Å². The Hall–Kier alpha value is -2.29. The maximum atomic E-state index is 14.0. The number of amides is 1. The molecule has 2 atom stereocenters. The van der Waals surface area contributed by atoms with Crippen molar-refractivity contribution >= 4 is 22.0 Å². The van der Waals surface area contributed by atoms with E-state index in [0.29, 0.717) is 31.6 Å². The highest BCUT2D eigenvalue weighted by molar-refractivity contribution is 7.96. The Labute approximate surface area is 158 Å². The second kappa shape index (κ2) is 6.70. The van der Waals surface area contributed by atoms with Gasteiger partial charge in [0.1, 0.15) is 5.82 Å². The van der Waals surface area contributed by atoms with Crippen molar-refractivity contribution in [2.24, 2.45) is 0 Å². The number of anilines is 1. The number of fused-ring (bicyclic) bond motifs is 1. The van der Waals surface area contributed by atoms with E-state index in [0.717, 1.165) is 0 Å². The Balaban J connectivity index is 1.62. The van der Waals surface area contributed by atoms with Gasteiger partial charge in [0.2, 0.25) is 0 Å². The summed E-state index contributed by atoms with van der Waals surface area (Å²) in [5.74, 6) is -0.998. The lowest BCUT2D eigenvalue weighted by Gasteiger charge is -2.42. The van der Waals surface area contributed by atoms with Crippen molar-refractivity contribution in [3.05, 3.63) is 59.9 Å². The number of benzene rings is 2. The SMILES string of the molecule is O=C(c1ccccc1F)N1CCCC2(CNc3ccccc3[S+](=O)([O-])N2)C1. The van der Waals surface area contributed by atoms with E-state index < -0.39 is 27.7 Å². The number of halogens is 1. The standard InChI is InChI=1S/C19H20FN3O3S/c20-15-7-2-1-6-14(15)18(24)23-11-5-10-19(13-23)12-21-16-8-3-4-9-17(16)27(25,26)22-19/h1-4,6-9H,5,10-13H2,(H2-,21,22,25,26). The third-order valence-electron chi connectivity index (χ3n) is 5.11. The molecule has 2 aliphatic heterocycles. The predicted molar refractivity (Wildman–Crippen MR) is 99.4 cm³/mol. The van der Waals surface area contributed by atoms with Gasteiger partial charge in [-0.25, -0.2) is 4.39 Å². The van der Waals surface area contributed by atoms with Gasteiger partial charge in [-0.1, -0.05) is 28.5 Å². The minimum atomic E-state index is -3.73. The van der Waals surface area contributed by atoms with E-state index in [2.05, 4.69) is 10.0 Å². The number of carbonyl (C=O) groups excluding carboxylic acids is 1. The van der Waals surface area contributed by atoms with Crippen LogP contribution >= 0.6 is 0 Å². The van der Waals surface area contributed by atoms with Crippen molar-refractivity contribution in [3.63, 3.8) is 0 Å². The van der Waals surface area contributed by atoms with Gasteiger partial charge in [0.25, 0.3) is 5.91 Å². The third kappa shape index (κ3) is 3.36. The second-order valence-corrected chi connectivity index (χ2v) is 8.70. The van der Waals surface area contributed by atoms with Crippen molar-refractivity contribution in [2.45, 2.75) is 23.3 Å². The number of piperidine rings is 1. The summed E-state index contributed by atoms with van der Waals surface area (Å²) in [5, 5.41) is 3.20. The summed E-state index contributed by atoms with van der Waals surface area (Å²) in [6.07, 6.45) is 1.22. The number of rotatable bonds is 1. The normalized spacial score (nSPS) is 27.6. The quantitative estimate of drug-likeness (QED) is 0.734. The van der Waals surface area contributed by atoms with Gasteiger partial charge in [-0.3, -0.25) is 4.79 Å². The van der Waals surface area contributed by atoms with Crippen molar-refractivity contribution in [2.75, 3.05) is 25.0 Å². The number of nitrogens with zero attached hydrogens (tertiary/aromatic N) is 1. The minimum Gasteiger partial charge on any atom is -0.593 e. The fourth-order valence-electron chi connectivity index (χ4n) is 3.83. The fraction of sp³-hybridized carbons (Fsp3) is 0.316. The van der Waals surface area contributed by atoms with E-state index in [1.165, 1.54) is 23.1 Å². The van der Waals surface area contributed by atoms with Crippen LogP contribution in [0.2, 0.25) is 0 Å². The number of likely N-dealkylation sites (tertiary alicyclic amines) is 1. The van der Waals surface area contributed by atoms with Crippen LogP contribution in [-0.2, 0) is 14.6 Å². The molecule has 142 valence electrons. The number of sulfonamides is 1. The average Bonchev–Trinajstić information content (AvgIpc) is 2.76. The number of hydrogen-bond acceptors (Lipinski definition) is 4. The molecule has 0 radical (unpaired) electrons. The second-order valence-electron chi connectivity index (χ2n) is 7.05. The first-order chi connectivity index (χ1) is 12.9. The van der Waals surface area contributed by atoms with Gasteiger partial charge in [0, 0.05) is 19.6 Å². The van der Waals surface area contributed by atoms with Gasteiger partial charge in [-0.15, -0.1) is 4.72 Å². The zero-order valence-corrected chi connectivity index (χ0v) is 15.4. The van der Waals surface area contributed by atoms with E-state index in [1.54, 1.807) is 30.3 Å². The van der Waals surface area contributed by atoms with Crippen molar-refractivity contribution < 1.29 is 17.9 Å². The molecule has 27 heavy (non-hydrogen) atoms. The molecule has 1 saturated heterocycles. The van der Waals surface area contributed by atoms with Gasteiger partial charge >= 0.3 is 0 Å². The first-order valence-corrected chi connectivity index (χ1v) is 10.3. The molecular weight excluding hydrogens is 369 g/mol. The summed E-state index contributed by atoms with van der Waals surface area (Å²) in [6.45, 7) is 0.994. The molecule has 0 aliphatic carbocycles. The van der Waals surface area contributed by atoms with Crippen LogP contribution in [0, 0.1) is 5.82 Å². The molecule has 2 N–H and O–H groups in total. The maximum Gasteiger partial charge on any atom is 0.256 e. The van der Waals surface area contributed by atoms with Crippen LogP contribution in [-0.4, -0.2) is 40.5 Å². The molecule has 2 aliphatic rings. The fourth-order valence-corrected chi connectivity index (χ4v) is 5.43. The number of nitrogens with one attached hydrogen (secondary N) is 2. The van der Waals surface area contributed by atoms with E-state index in [4.69, 9.17) is 0 Å². The van der Waals surface area contributed by atoms with E-state index in [9.17, 15) is 17.9 Å². The zero-order chi connectivity index (χ0) is 19.1. The number of hydrogen-bond donors (Lipinski definition) is 2. The summed E-state index contributed by atoms with van der Waals surface area (Å²) < 4.78 is 42.5. The van der Waals surface area contributed by atoms with Crippen molar-refractivity contribution in [1.29, 1.82) is 0 Å². The predicted octanol–water partition coefficient (Wildman–Crippen LogP) is 2.42. The van der Waals surface area contributed by atoms with Gasteiger partial charge in [0.15, 0.2) is 15.3 Å². The molecule has 0 bridgehead atoms. The van der Waals surface area contributed by atoms with E-state index >= 15 is 0 Å². The summed E-state index contributed by atoms with van der Waals surface area (Å²) in [4.78, 5) is 14.5. The molecule has 1 fully saturated rings. The van der Waals surface area contributed by atoms with Gasteiger partial charge in [0.05, 0.1) is 16.8 Å². The minimum absolute atomic E-state index is 0.00211. The Morgan fingerprint density at radius 2 is 1.93 bits per heavy atom. The largest absolute Gasteiger partial charge is 0.593 e. The lowest BCUT2D eigenvalue weighted by atomic mass is 9.89. The van der Waals surface area contributed by atoms with Crippen LogP contribution in [0.15, 0.2) is 53.4 Å². The molecule has 2 aromatic carbocycles. The van der Waals surface area contributed by atoms with Gasteiger partial charge in [-0.05, 0) is 37.1 Å². The molecule has 1 spiro atoms. The molecule has 0 aromatic heterocycles. The monoisotopic (exact) mass is 389 g/mol. The first-order valence-electron chi connectivity index (χ1n) is 8.81. The van der Waals surface area contributed by atoms with Gasteiger partial charge < -0.3 is 14.8 Å². The number of para-hydroxylation sites is 1. The first kappa shape index (κ1) is 18.1. The van der Waals surface area contributed by atoms with E-state index in [-0.39, 0.29) is 17.0 Å². The van der Waals surface area contributed by atoms with Crippen LogP contribution in [0.25, 0.3) is 0 Å². The molecule has 8 heteroatoms. The highest BCUT2D eigenvalue weighted by atomic mass is 32.3. The Kier molecular flexibility index (Phi) is 4.49. The van der Waals surface area contributed by atoms with Gasteiger partial charge in [-0.2, -0.15) is 0 Å². The lowest BCUT2D eigenvalue weighted by molar-refractivity contribution is 0.0631. The van der Waals surface area contributed by atoms with Crippen LogP contribution in [0.1, 0.15) is 23.2 Å².